The monoisotopic (exact) mass is 292 g/mol. The number of hydrogen-bond donors (Lipinski definition) is 1. The summed E-state index contributed by atoms with van der Waals surface area (Å²) in [7, 11) is 0. The van der Waals surface area contributed by atoms with E-state index in [1.54, 1.807) is 0 Å². The summed E-state index contributed by atoms with van der Waals surface area (Å²) in [6.45, 7) is 9.79. The molecule has 4 heteroatoms. The van der Waals surface area contributed by atoms with Crippen LogP contribution in [0.5, 0.6) is 5.75 Å². The maximum absolute atomic E-state index is 6.00. The summed E-state index contributed by atoms with van der Waals surface area (Å²) >= 11 is 0. The van der Waals surface area contributed by atoms with E-state index in [4.69, 9.17) is 15.2 Å². The van der Waals surface area contributed by atoms with Gasteiger partial charge in [0.05, 0.1) is 6.61 Å². The minimum absolute atomic E-state index is 0.136. The van der Waals surface area contributed by atoms with E-state index >= 15 is 0 Å². The van der Waals surface area contributed by atoms with Crippen LogP contribution in [0.2, 0.25) is 0 Å². The molecule has 2 N–H and O–H groups in total. The van der Waals surface area contributed by atoms with E-state index in [1.807, 2.05) is 25.1 Å². The van der Waals surface area contributed by atoms with Gasteiger partial charge in [0.15, 0.2) is 0 Å². The molecule has 2 rings (SSSR count). The van der Waals surface area contributed by atoms with Gasteiger partial charge in [-0.3, -0.25) is 4.90 Å². The predicted octanol–water partition coefficient (Wildman–Crippen LogP) is 2.06. The van der Waals surface area contributed by atoms with Crippen LogP contribution in [0, 0.1) is 0 Å². The normalized spacial score (nSPS) is 21.5. The van der Waals surface area contributed by atoms with Crippen molar-refractivity contribution < 1.29 is 9.47 Å². The van der Waals surface area contributed by atoms with Gasteiger partial charge in [-0.2, -0.15) is 0 Å². The second-order valence-corrected chi connectivity index (χ2v) is 6.18. The van der Waals surface area contributed by atoms with E-state index < -0.39 is 0 Å². The molecule has 4 nitrogen and oxygen atoms in total. The van der Waals surface area contributed by atoms with Crippen LogP contribution in [0.15, 0.2) is 24.3 Å². The number of benzene rings is 1. The van der Waals surface area contributed by atoms with Crippen molar-refractivity contribution in [2.75, 3.05) is 26.3 Å². The molecule has 2 atom stereocenters. The number of nitrogens with two attached hydrogens (primary N) is 1. The molecule has 1 aromatic carbocycles. The number of nitrogens with zero attached hydrogens (tertiary/aromatic N) is 1. The quantitative estimate of drug-likeness (QED) is 0.872. The number of ether oxygens (including phenoxy) is 2. The highest BCUT2D eigenvalue weighted by atomic mass is 16.5. The fraction of sp³-hybridized carbons (Fsp3) is 0.647. The molecule has 1 fully saturated rings. The molecule has 1 heterocycles. The molecule has 0 radical (unpaired) electrons. The van der Waals surface area contributed by atoms with Gasteiger partial charge in [0.2, 0.25) is 0 Å². The Bertz CT molecular complexity index is 435. The van der Waals surface area contributed by atoms with E-state index in [-0.39, 0.29) is 12.1 Å². The summed E-state index contributed by atoms with van der Waals surface area (Å²) in [5.74, 6) is 0.931. The first kappa shape index (κ1) is 16.3. The minimum atomic E-state index is 0.136. The molecule has 21 heavy (non-hydrogen) atoms. The molecule has 1 saturated heterocycles. The fourth-order valence-corrected chi connectivity index (χ4v) is 2.65. The predicted molar refractivity (Wildman–Crippen MR) is 85.7 cm³/mol. The molecule has 0 aliphatic carbocycles. The first-order valence-electron chi connectivity index (χ1n) is 7.88. The summed E-state index contributed by atoms with van der Waals surface area (Å²) < 4.78 is 11.8. The molecular formula is C17H28N2O2. The highest BCUT2D eigenvalue weighted by molar-refractivity contribution is 5.33. The lowest BCUT2D eigenvalue weighted by Crippen LogP contribution is -2.47. The minimum Gasteiger partial charge on any atom is -0.491 e. The molecule has 1 aliphatic rings. The Kier molecular flexibility index (Phi) is 6.03. The average Bonchev–Trinajstić information content (AvgIpc) is 2.46. The van der Waals surface area contributed by atoms with Crippen molar-refractivity contribution >= 4 is 0 Å². The van der Waals surface area contributed by atoms with Crippen molar-refractivity contribution in [3.8, 4) is 5.75 Å². The van der Waals surface area contributed by atoms with E-state index in [9.17, 15) is 0 Å². The van der Waals surface area contributed by atoms with Gasteiger partial charge in [0.1, 0.15) is 18.5 Å². The number of rotatable bonds is 6. The summed E-state index contributed by atoms with van der Waals surface area (Å²) in [6.07, 6.45) is 0.976. The van der Waals surface area contributed by atoms with E-state index in [2.05, 4.69) is 24.8 Å². The maximum atomic E-state index is 6.00. The first-order chi connectivity index (χ1) is 10.1. The Hall–Kier alpha value is -1.10. The van der Waals surface area contributed by atoms with Gasteiger partial charge >= 0.3 is 0 Å². The lowest BCUT2D eigenvalue weighted by atomic mass is 10.1. The van der Waals surface area contributed by atoms with Crippen molar-refractivity contribution in [2.45, 2.75) is 45.4 Å². The lowest BCUT2D eigenvalue weighted by Gasteiger charge is -2.35. The van der Waals surface area contributed by atoms with E-state index in [0.717, 1.165) is 31.9 Å². The van der Waals surface area contributed by atoms with Crippen LogP contribution in [0.1, 0.15) is 26.3 Å². The van der Waals surface area contributed by atoms with Crippen molar-refractivity contribution in [1.82, 2.24) is 4.90 Å². The van der Waals surface area contributed by atoms with Gasteiger partial charge in [-0.05, 0) is 38.8 Å². The zero-order chi connectivity index (χ0) is 15.2. The summed E-state index contributed by atoms with van der Waals surface area (Å²) in [6, 6.07) is 8.82. The Morgan fingerprint density at radius 1 is 1.33 bits per heavy atom. The average molecular weight is 292 g/mol. The van der Waals surface area contributed by atoms with Gasteiger partial charge < -0.3 is 15.2 Å². The van der Waals surface area contributed by atoms with Crippen LogP contribution in [0.25, 0.3) is 0 Å². The van der Waals surface area contributed by atoms with E-state index in [1.165, 1.54) is 5.56 Å². The molecule has 0 bridgehead atoms. The van der Waals surface area contributed by atoms with Crippen molar-refractivity contribution in [1.29, 1.82) is 0 Å². The highest BCUT2D eigenvalue weighted by Gasteiger charge is 2.22. The summed E-state index contributed by atoms with van der Waals surface area (Å²) in [5.41, 5.74) is 7.07. The van der Waals surface area contributed by atoms with Gasteiger partial charge in [0, 0.05) is 25.2 Å². The van der Waals surface area contributed by atoms with Gasteiger partial charge in [0.25, 0.3) is 0 Å². The highest BCUT2D eigenvalue weighted by Crippen LogP contribution is 2.20. The van der Waals surface area contributed by atoms with E-state index in [0.29, 0.717) is 12.6 Å². The van der Waals surface area contributed by atoms with Gasteiger partial charge in [-0.15, -0.1) is 0 Å². The van der Waals surface area contributed by atoms with Crippen LogP contribution >= 0.6 is 0 Å². The standard InChI is InChI=1S/C17H28N2O2/c1-13(2)19-8-9-20-16(11-19)12-21-17-7-5-4-6-15(17)10-14(3)18/h4-7,13-14,16H,8-12,18H2,1-3H3. The summed E-state index contributed by atoms with van der Waals surface area (Å²) in [5, 5.41) is 0. The Morgan fingerprint density at radius 3 is 2.81 bits per heavy atom. The van der Waals surface area contributed by atoms with Gasteiger partial charge in [-0.25, -0.2) is 0 Å². The third-order valence-electron chi connectivity index (χ3n) is 3.84. The first-order valence-corrected chi connectivity index (χ1v) is 7.88. The Labute approximate surface area is 128 Å². The molecular weight excluding hydrogens is 264 g/mol. The molecule has 0 saturated carbocycles. The lowest BCUT2D eigenvalue weighted by molar-refractivity contribution is -0.0565. The van der Waals surface area contributed by atoms with Crippen molar-refractivity contribution in [3.63, 3.8) is 0 Å². The Balaban J connectivity index is 1.90. The molecule has 2 unspecified atom stereocenters. The van der Waals surface area contributed by atoms with Crippen LogP contribution < -0.4 is 10.5 Å². The largest absolute Gasteiger partial charge is 0.491 e. The molecule has 1 aromatic rings. The topological polar surface area (TPSA) is 47.7 Å². The second kappa shape index (κ2) is 7.78. The van der Waals surface area contributed by atoms with Crippen LogP contribution in [0.3, 0.4) is 0 Å². The summed E-state index contributed by atoms with van der Waals surface area (Å²) in [4.78, 5) is 2.44. The fourth-order valence-electron chi connectivity index (χ4n) is 2.65. The number of morpholine rings is 1. The second-order valence-electron chi connectivity index (χ2n) is 6.18. The zero-order valence-electron chi connectivity index (χ0n) is 13.4. The number of hydrogen-bond acceptors (Lipinski definition) is 4. The number of para-hydroxylation sites is 1. The van der Waals surface area contributed by atoms with Crippen molar-refractivity contribution in [3.05, 3.63) is 29.8 Å². The van der Waals surface area contributed by atoms with Crippen molar-refractivity contribution in [2.24, 2.45) is 5.73 Å². The smallest absolute Gasteiger partial charge is 0.122 e. The molecule has 1 aliphatic heterocycles. The molecule has 0 amide bonds. The third-order valence-corrected chi connectivity index (χ3v) is 3.84. The van der Waals surface area contributed by atoms with Crippen LogP contribution in [-0.2, 0) is 11.2 Å². The third kappa shape index (κ3) is 4.99. The SMILES string of the molecule is CC(N)Cc1ccccc1OCC1CN(C(C)C)CCO1. The maximum Gasteiger partial charge on any atom is 0.122 e. The Morgan fingerprint density at radius 2 is 2.10 bits per heavy atom. The van der Waals surface area contributed by atoms with Crippen LogP contribution in [-0.4, -0.2) is 49.4 Å². The van der Waals surface area contributed by atoms with Crippen LogP contribution in [0.4, 0.5) is 0 Å². The molecule has 0 spiro atoms. The zero-order valence-corrected chi connectivity index (χ0v) is 13.4. The van der Waals surface area contributed by atoms with Gasteiger partial charge in [-0.1, -0.05) is 18.2 Å². The molecule has 0 aromatic heterocycles. The molecule has 118 valence electrons.